The summed E-state index contributed by atoms with van der Waals surface area (Å²) in [6.07, 6.45) is 8.68. The minimum absolute atomic E-state index is 0.324. The van der Waals surface area contributed by atoms with Crippen LogP contribution in [0.15, 0.2) is 29.6 Å². The summed E-state index contributed by atoms with van der Waals surface area (Å²) in [6, 6.07) is 3.86. The molecular weight excluding hydrogens is 423 g/mol. The Balaban J connectivity index is 1.89. The predicted octanol–water partition coefficient (Wildman–Crippen LogP) is 5.66. The maximum Gasteiger partial charge on any atom is 0.166 e. The summed E-state index contributed by atoms with van der Waals surface area (Å²) >= 11 is 8.21. The van der Waals surface area contributed by atoms with Crippen molar-refractivity contribution < 1.29 is 9.13 Å². The van der Waals surface area contributed by atoms with Crippen LogP contribution in [0.25, 0.3) is 16.9 Å². The number of aryl methyl sites for hydroxylation is 1. The first-order valence-electron chi connectivity index (χ1n) is 10.1. The number of fused-ring (bicyclic) bond motifs is 1. The van der Waals surface area contributed by atoms with E-state index in [0.717, 1.165) is 34.2 Å². The zero-order chi connectivity index (χ0) is 21.3. The van der Waals surface area contributed by atoms with Crippen LogP contribution in [0.3, 0.4) is 0 Å². The molecule has 30 heavy (non-hydrogen) atoms. The molecule has 8 heteroatoms. The van der Waals surface area contributed by atoms with Crippen LogP contribution in [0, 0.1) is 12.8 Å². The van der Waals surface area contributed by atoms with Gasteiger partial charge in [0.2, 0.25) is 0 Å². The van der Waals surface area contributed by atoms with Gasteiger partial charge in [-0.15, -0.1) is 11.8 Å². The molecule has 0 spiro atoms. The fourth-order valence-electron chi connectivity index (χ4n) is 3.79. The second-order valence-electron chi connectivity index (χ2n) is 7.67. The Hall–Kier alpha value is -1.99. The number of ether oxygens (including phenoxy) is 1. The molecule has 0 bridgehead atoms. The molecule has 0 unspecified atom stereocenters. The van der Waals surface area contributed by atoms with Crippen LogP contribution >= 0.6 is 23.4 Å². The van der Waals surface area contributed by atoms with Gasteiger partial charge in [0.1, 0.15) is 22.3 Å². The minimum atomic E-state index is -0.324. The Morgan fingerprint density at radius 1 is 1.37 bits per heavy atom. The topological polar surface area (TPSA) is 42.7 Å². The first-order valence-corrected chi connectivity index (χ1v) is 11.7. The van der Waals surface area contributed by atoms with Crippen molar-refractivity contribution in [1.82, 2.24) is 14.4 Å². The molecule has 1 aromatic carbocycles. The number of halogens is 2. The standard InChI is InChI=1S/C22H26ClFN4OS/c1-14-11-16(23)18(17(12-14)29-2)19-20-26-21(30-3)22(28(20)10-8-25-19)27(9-4-7-24)13-15-5-6-15/h8,10-12,15H,4-7,9,13H2,1-3H3. The van der Waals surface area contributed by atoms with Crippen molar-refractivity contribution in [2.24, 2.45) is 5.92 Å². The highest BCUT2D eigenvalue weighted by Crippen LogP contribution is 2.41. The number of benzene rings is 1. The SMILES string of the molecule is COc1cc(C)cc(Cl)c1-c1nccn2c(N(CCCF)CC3CC3)c(SC)nc12. The number of thioether (sulfide) groups is 1. The molecule has 4 rings (SSSR count). The van der Waals surface area contributed by atoms with Crippen molar-refractivity contribution in [3.05, 3.63) is 35.1 Å². The zero-order valence-corrected chi connectivity index (χ0v) is 19.1. The highest BCUT2D eigenvalue weighted by molar-refractivity contribution is 7.98. The summed E-state index contributed by atoms with van der Waals surface area (Å²) < 4.78 is 20.7. The number of hydrogen-bond donors (Lipinski definition) is 0. The van der Waals surface area contributed by atoms with Crippen LogP contribution in [-0.2, 0) is 0 Å². The number of nitrogens with zero attached hydrogens (tertiary/aromatic N) is 4. The van der Waals surface area contributed by atoms with E-state index in [2.05, 4.69) is 14.3 Å². The number of imidazole rings is 1. The third kappa shape index (κ3) is 4.10. The molecule has 1 aliphatic carbocycles. The van der Waals surface area contributed by atoms with Gasteiger partial charge in [0.05, 0.1) is 24.4 Å². The summed E-state index contributed by atoms with van der Waals surface area (Å²) in [7, 11) is 1.63. The molecule has 0 radical (unpaired) electrons. The van der Waals surface area contributed by atoms with Crippen molar-refractivity contribution in [3.8, 4) is 17.0 Å². The molecule has 3 aromatic rings. The Morgan fingerprint density at radius 3 is 2.83 bits per heavy atom. The van der Waals surface area contributed by atoms with E-state index < -0.39 is 0 Å². The number of rotatable bonds is 9. The van der Waals surface area contributed by atoms with Crippen LogP contribution < -0.4 is 9.64 Å². The minimum Gasteiger partial charge on any atom is -0.496 e. The van der Waals surface area contributed by atoms with E-state index in [9.17, 15) is 4.39 Å². The van der Waals surface area contributed by atoms with Crippen molar-refractivity contribution >= 4 is 34.8 Å². The number of hydrogen-bond acceptors (Lipinski definition) is 5. The smallest absolute Gasteiger partial charge is 0.166 e. The van der Waals surface area contributed by atoms with Gasteiger partial charge in [0.15, 0.2) is 5.65 Å². The maximum absolute atomic E-state index is 13.0. The largest absolute Gasteiger partial charge is 0.496 e. The van der Waals surface area contributed by atoms with E-state index in [4.69, 9.17) is 21.3 Å². The average Bonchev–Trinajstić information content (AvgIpc) is 3.47. The fraction of sp³-hybridized carbons (Fsp3) is 0.455. The molecular formula is C22H26ClFN4OS. The third-order valence-electron chi connectivity index (χ3n) is 5.37. The molecule has 0 aliphatic heterocycles. The molecule has 0 atom stereocenters. The Bertz CT molecular complexity index is 1050. The van der Waals surface area contributed by atoms with Crippen LogP contribution in [0.4, 0.5) is 10.2 Å². The predicted molar refractivity (Wildman–Crippen MR) is 122 cm³/mol. The quantitative estimate of drug-likeness (QED) is 0.395. The third-order valence-corrected chi connectivity index (χ3v) is 6.33. The van der Waals surface area contributed by atoms with Crippen LogP contribution in [0.5, 0.6) is 5.75 Å². The van der Waals surface area contributed by atoms with Crippen LogP contribution in [-0.4, -0.2) is 47.5 Å². The van der Waals surface area contributed by atoms with E-state index in [1.165, 1.54) is 12.8 Å². The lowest BCUT2D eigenvalue weighted by Gasteiger charge is -2.24. The van der Waals surface area contributed by atoms with Gasteiger partial charge in [-0.2, -0.15) is 0 Å². The number of methoxy groups -OCH3 is 1. The molecule has 0 saturated heterocycles. The monoisotopic (exact) mass is 448 g/mol. The van der Waals surface area contributed by atoms with Crippen LogP contribution in [0.1, 0.15) is 24.8 Å². The number of alkyl halides is 1. The molecule has 0 N–H and O–H groups in total. The molecule has 1 aliphatic rings. The van der Waals surface area contributed by atoms with Crippen molar-refractivity contribution in [3.63, 3.8) is 0 Å². The average molecular weight is 449 g/mol. The molecule has 160 valence electrons. The van der Waals surface area contributed by atoms with Crippen LogP contribution in [0.2, 0.25) is 5.02 Å². The van der Waals surface area contributed by atoms with E-state index >= 15 is 0 Å². The van der Waals surface area contributed by atoms with Gasteiger partial charge < -0.3 is 9.64 Å². The lowest BCUT2D eigenvalue weighted by molar-refractivity contribution is 0.416. The molecule has 5 nitrogen and oxygen atoms in total. The van der Waals surface area contributed by atoms with Gasteiger partial charge >= 0.3 is 0 Å². The number of anilines is 1. The molecule has 2 aromatic heterocycles. The summed E-state index contributed by atoms with van der Waals surface area (Å²) in [5, 5.41) is 1.49. The van der Waals surface area contributed by atoms with Gasteiger partial charge in [0.25, 0.3) is 0 Å². The first kappa shape index (κ1) is 21.2. The van der Waals surface area contributed by atoms with Gasteiger partial charge in [-0.05, 0) is 56.1 Å². The van der Waals surface area contributed by atoms with E-state index in [1.807, 2.05) is 31.5 Å². The first-order chi connectivity index (χ1) is 14.6. The highest BCUT2D eigenvalue weighted by Gasteiger charge is 2.28. The summed E-state index contributed by atoms with van der Waals surface area (Å²) in [5.74, 6) is 2.35. The molecule has 2 heterocycles. The van der Waals surface area contributed by atoms with E-state index in [-0.39, 0.29) is 6.67 Å². The summed E-state index contributed by atoms with van der Waals surface area (Å²) in [6.45, 7) is 3.25. The fourth-order valence-corrected chi connectivity index (χ4v) is 4.73. The molecule has 1 fully saturated rings. The van der Waals surface area contributed by atoms with E-state index in [0.29, 0.717) is 35.3 Å². The maximum atomic E-state index is 13.0. The molecule has 1 saturated carbocycles. The Morgan fingerprint density at radius 2 is 2.17 bits per heavy atom. The second kappa shape index (κ2) is 9.02. The molecule has 0 amide bonds. The highest BCUT2D eigenvalue weighted by atomic mass is 35.5. The van der Waals surface area contributed by atoms with Gasteiger partial charge in [-0.3, -0.25) is 13.8 Å². The van der Waals surface area contributed by atoms with Crippen molar-refractivity contribution in [1.29, 1.82) is 0 Å². The lowest BCUT2D eigenvalue weighted by atomic mass is 10.1. The Labute approximate surface area is 185 Å². The van der Waals surface area contributed by atoms with E-state index in [1.54, 1.807) is 25.1 Å². The van der Waals surface area contributed by atoms with Gasteiger partial charge in [0, 0.05) is 25.5 Å². The second-order valence-corrected chi connectivity index (χ2v) is 8.87. The zero-order valence-electron chi connectivity index (χ0n) is 17.5. The Kier molecular flexibility index (Phi) is 6.39. The van der Waals surface area contributed by atoms with Crippen molar-refractivity contribution in [2.75, 3.05) is 38.0 Å². The summed E-state index contributed by atoms with van der Waals surface area (Å²) in [5.41, 5.74) is 3.15. The van der Waals surface area contributed by atoms with Gasteiger partial charge in [-0.1, -0.05) is 11.6 Å². The lowest BCUT2D eigenvalue weighted by Crippen LogP contribution is -2.29. The normalized spacial score (nSPS) is 13.8. The van der Waals surface area contributed by atoms with Crippen molar-refractivity contribution in [2.45, 2.75) is 31.2 Å². The van der Waals surface area contributed by atoms with Gasteiger partial charge in [-0.25, -0.2) is 4.98 Å². The summed E-state index contributed by atoms with van der Waals surface area (Å²) in [4.78, 5) is 11.8. The number of aromatic nitrogens is 3.